The zero-order valence-electron chi connectivity index (χ0n) is 20.9. The summed E-state index contributed by atoms with van der Waals surface area (Å²) < 4.78 is 7.68. The summed E-state index contributed by atoms with van der Waals surface area (Å²) >= 11 is 1.40. The molecule has 1 aromatic carbocycles. The van der Waals surface area contributed by atoms with Gasteiger partial charge in [0.1, 0.15) is 22.6 Å². The minimum atomic E-state index is -0.146. The number of hydrogen-bond acceptors (Lipinski definition) is 6. The number of nitriles is 1. The molecule has 8 nitrogen and oxygen atoms in total. The number of para-hydroxylation sites is 1. The Labute approximate surface area is 215 Å². The third-order valence-electron chi connectivity index (χ3n) is 6.51. The lowest BCUT2D eigenvalue weighted by atomic mass is 9.96. The van der Waals surface area contributed by atoms with Gasteiger partial charge >= 0.3 is 0 Å². The molecule has 0 saturated heterocycles. The number of ether oxygens (including phenoxy) is 1. The number of aryl methyl sites for hydroxylation is 2. The molecule has 0 radical (unpaired) electrons. The van der Waals surface area contributed by atoms with E-state index >= 15 is 0 Å². The van der Waals surface area contributed by atoms with E-state index in [0.29, 0.717) is 49.6 Å². The van der Waals surface area contributed by atoms with Crippen LogP contribution in [0.4, 0.5) is 5.00 Å². The molecule has 3 aromatic rings. The van der Waals surface area contributed by atoms with Crippen LogP contribution in [-0.2, 0) is 29.1 Å². The summed E-state index contributed by atoms with van der Waals surface area (Å²) in [6.07, 6.45) is 4.89. The highest BCUT2D eigenvalue weighted by Gasteiger charge is 2.28. The second-order valence-corrected chi connectivity index (χ2v) is 10.0. The van der Waals surface area contributed by atoms with Crippen molar-refractivity contribution in [3.63, 3.8) is 0 Å². The van der Waals surface area contributed by atoms with Gasteiger partial charge in [-0.3, -0.25) is 9.59 Å². The Hall–Kier alpha value is -3.64. The number of rotatable bonds is 9. The molecular formula is C27H31N5O3S. The first-order chi connectivity index (χ1) is 17.4. The molecule has 0 unspecified atom stereocenters. The lowest BCUT2D eigenvalue weighted by molar-refractivity contribution is -0.132. The highest BCUT2D eigenvalue weighted by molar-refractivity contribution is 7.16. The SMILES string of the molecule is CCOc1ccccc1[C@@H](C)CC(=O)Nc1sc2c(c1C#N)CCN(C(=O)CCn1ccnc1C)C2. The molecule has 0 spiro atoms. The monoisotopic (exact) mass is 505 g/mol. The first-order valence-corrected chi connectivity index (χ1v) is 13.0. The van der Waals surface area contributed by atoms with Gasteiger partial charge in [0, 0.05) is 43.2 Å². The molecule has 4 rings (SSSR count). The molecule has 1 aliphatic rings. The average molecular weight is 506 g/mol. The van der Waals surface area contributed by atoms with Crippen LogP contribution in [0.1, 0.15) is 60.0 Å². The zero-order chi connectivity index (χ0) is 25.7. The first kappa shape index (κ1) is 25.5. The van der Waals surface area contributed by atoms with Crippen LogP contribution in [0.3, 0.4) is 0 Å². The maximum absolute atomic E-state index is 12.9. The van der Waals surface area contributed by atoms with Gasteiger partial charge in [0.25, 0.3) is 0 Å². The highest BCUT2D eigenvalue weighted by atomic mass is 32.1. The van der Waals surface area contributed by atoms with E-state index in [1.807, 2.05) is 60.7 Å². The van der Waals surface area contributed by atoms with Gasteiger partial charge in [0.05, 0.1) is 18.7 Å². The molecular weight excluding hydrogens is 474 g/mol. The molecule has 0 aliphatic carbocycles. The number of amides is 2. The quantitative estimate of drug-likeness (QED) is 0.457. The number of carbonyl (C=O) groups is 2. The van der Waals surface area contributed by atoms with Gasteiger partial charge in [-0.15, -0.1) is 11.3 Å². The van der Waals surface area contributed by atoms with Gasteiger partial charge in [-0.1, -0.05) is 25.1 Å². The van der Waals surface area contributed by atoms with Crippen LogP contribution in [0.5, 0.6) is 5.75 Å². The number of fused-ring (bicyclic) bond motifs is 1. The third kappa shape index (κ3) is 5.60. The van der Waals surface area contributed by atoms with Crippen LogP contribution in [0.2, 0.25) is 0 Å². The number of anilines is 1. The van der Waals surface area contributed by atoms with Crippen LogP contribution >= 0.6 is 11.3 Å². The predicted molar refractivity (Wildman–Crippen MR) is 139 cm³/mol. The van der Waals surface area contributed by atoms with Crippen molar-refractivity contribution in [1.82, 2.24) is 14.5 Å². The smallest absolute Gasteiger partial charge is 0.225 e. The van der Waals surface area contributed by atoms with Crippen LogP contribution in [0.15, 0.2) is 36.7 Å². The maximum atomic E-state index is 12.9. The summed E-state index contributed by atoms with van der Waals surface area (Å²) in [4.78, 5) is 32.8. The Morgan fingerprint density at radius 3 is 2.86 bits per heavy atom. The zero-order valence-corrected chi connectivity index (χ0v) is 21.7. The average Bonchev–Trinajstić information content (AvgIpc) is 3.44. The molecule has 0 saturated carbocycles. The van der Waals surface area contributed by atoms with Crippen molar-refractivity contribution < 1.29 is 14.3 Å². The fraction of sp³-hybridized carbons (Fsp3) is 0.407. The number of nitrogens with one attached hydrogen (secondary N) is 1. The third-order valence-corrected chi connectivity index (χ3v) is 7.64. The van der Waals surface area contributed by atoms with Gasteiger partial charge in [-0.2, -0.15) is 5.26 Å². The van der Waals surface area contributed by atoms with Gasteiger partial charge in [-0.25, -0.2) is 4.98 Å². The number of aromatic nitrogens is 2. The van der Waals surface area contributed by atoms with Gasteiger partial charge in [0.15, 0.2) is 0 Å². The van der Waals surface area contributed by atoms with E-state index in [4.69, 9.17) is 4.74 Å². The van der Waals surface area contributed by atoms with E-state index in [-0.39, 0.29) is 24.2 Å². The van der Waals surface area contributed by atoms with Gasteiger partial charge in [0.2, 0.25) is 11.8 Å². The van der Waals surface area contributed by atoms with Crippen LogP contribution < -0.4 is 10.1 Å². The van der Waals surface area contributed by atoms with Crippen molar-refractivity contribution in [2.75, 3.05) is 18.5 Å². The lowest BCUT2D eigenvalue weighted by Gasteiger charge is -2.27. The predicted octanol–water partition coefficient (Wildman–Crippen LogP) is 4.63. The van der Waals surface area contributed by atoms with Gasteiger partial charge < -0.3 is 19.5 Å². The molecule has 2 aromatic heterocycles. The molecule has 36 heavy (non-hydrogen) atoms. The molecule has 1 N–H and O–H groups in total. The molecule has 1 atom stereocenters. The molecule has 1 aliphatic heterocycles. The Morgan fingerprint density at radius 2 is 2.14 bits per heavy atom. The minimum Gasteiger partial charge on any atom is -0.494 e. The number of hydrogen-bond donors (Lipinski definition) is 1. The first-order valence-electron chi connectivity index (χ1n) is 12.2. The molecule has 0 fully saturated rings. The highest BCUT2D eigenvalue weighted by Crippen LogP contribution is 2.37. The van der Waals surface area contributed by atoms with Crippen molar-refractivity contribution in [1.29, 1.82) is 5.26 Å². The summed E-state index contributed by atoms with van der Waals surface area (Å²) in [6, 6.07) is 10.0. The summed E-state index contributed by atoms with van der Waals surface area (Å²) in [6.45, 7) is 8.03. The molecule has 9 heteroatoms. The summed E-state index contributed by atoms with van der Waals surface area (Å²) in [5, 5.41) is 13.4. The number of benzene rings is 1. The topological polar surface area (TPSA) is 100 Å². The van der Waals surface area contributed by atoms with E-state index in [1.165, 1.54) is 11.3 Å². The minimum absolute atomic E-state index is 0.0416. The van der Waals surface area contributed by atoms with E-state index in [0.717, 1.165) is 27.6 Å². The van der Waals surface area contributed by atoms with Crippen LogP contribution in [0.25, 0.3) is 0 Å². The standard InChI is InChI=1S/C27H31N5O3S/c1-4-35-23-8-6-5-7-20(23)18(2)15-25(33)30-27-22(16-28)21-9-12-32(17-24(21)36-27)26(34)10-13-31-14-11-29-19(31)3/h5-8,11,14,18H,4,9-10,12-13,15,17H2,1-3H3,(H,30,33)/t18-/m0/s1. The molecule has 3 heterocycles. The maximum Gasteiger partial charge on any atom is 0.225 e. The summed E-state index contributed by atoms with van der Waals surface area (Å²) in [5.41, 5.74) is 2.45. The summed E-state index contributed by atoms with van der Waals surface area (Å²) in [5.74, 6) is 1.56. The Balaban J connectivity index is 1.40. The molecule has 188 valence electrons. The van der Waals surface area contributed by atoms with Gasteiger partial charge in [-0.05, 0) is 43.4 Å². The van der Waals surface area contributed by atoms with Crippen molar-refractivity contribution in [3.8, 4) is 11.8 Å². The molecule has 2 amide bonds. The fourth-order valence-corrected chi connectivity index (χ4v) is 5.81. The van der Waals surface area contributed by atoms with Crippen molar-refractivity contribution >= 4 is 28.2 Å². The van der Waals surface area contributed by atoms with Crippen molar-refractivity contribution in [3.05, 3.63) is 64.1 Å². The summed E-state index contributed by atoms with van der Waals surface area (Å²) in [7, 11) is 0. The van der Waals surface area contributed by atoms with E-state index in [9.17, 15) is 14.9 Å². The van der Waals surface area contributed by atoms with E-state index in [1.54, 1.807) is 6.20 Å². The number of carbonyl (C=O) groups excluding carboxylic acids is 2. The normalized spacial score (nSPS) is 13.6. The van der Waals surface area contributed by atoms with E-state index in [2.05, 4.69) is 16.4 Å². The van der Waals surface area contributed by atoms with Crippen molar-refractivity contribution in [2.24, 2.45) is 0 Å². The molecule has 0 bridgehead atoms. The second kappa shape index (κ2) is 11.4. The number of imidazole rings is 1. The van der Waals surface area contributed by atoms with E-state index < -0.39 is 0 Å². The Kier molecular flexibility index (Phi) is 8.06. The Bertz CT molecular complexity index is 1290. The van der Waals surface area contributed by atoms with Crippen LogP contribution in [0, 0.1) is 18.3 Å². The van der Waals surface area contributed by atoms with Crippen LogP contribution in [-0.4, -0.2) is 39.4 Å². The number of thiophene rings is 1. The Morgan fingerprint density at radius 1 is 1.33 bits per heavy atom. The fourth-order valence-electron chi connectivity index (χ4n) is 4.58. The lowest BCUT2D eigenvalue weighted by Crippen LogP contribution is -2.35. The number of nitrogens with zero attached hydrogens (tertiary/aromatic N) is 4. The largest absolute Gasteiger partial charge is 0.494 e. The van der Waals surface area contributed by atoms with Crippen molar-refractivity contribution in [2.45, 2.75) is 59.0 Å². The second-order valence-electron chi connectivity index (χ2n) is 8.93.